The van der Waals surface area contributed by atoms with Crippen LogP contribution in [0.5, 0.6) is 5.75 Å². The highest BCUT2D eigenvalue weighted by Gasteiger charge is 2.21. The van der Waals surface area contributed by atoms with Crippen LogP contribution in [-0.4, -0.2) is 24.2 Å². The summed E-state index contributed by atoms with van der Waals surface area (Å²) in [7, 11) is 0. The summed E-state index contributed by atoms with van der Waals surface area (Å²) in [5.74, 6) is 0.508. The van der Waals surface area contributed by atoms with Crippen molar-refractivity contribution >= 4 is 23.6 Å². The van der Waals surface area contributed by atoms with Gasteiger partial charge in [0, 0.05) is 17.2 Å². The van der Waals surface area contributed by atoms with Crippen LogP contribution >= 0.6 is 11.6 Å². The Hall–Kier alpha value is -2.30. The van der Waals surface area contributed by atoms with E-state index in [-0.39, 0.29) is 25.2 Å². The van der Waals surface area contributed by atoms with E-state index >= 15 is 0 Å². The molecule has 4 nitrogen and oxygen atoms in total. The Morgan fingerprint density at radius 3 is 2.79 bits per heavy atom. The summed E-state index contributed by atoms with van der Waals surface area (Å²) in [6.45, 7) is 0.203. The summed E-state index contributed by atoms with van der Waals surface area (Å²) in [4.78, 5) is 12.6. The summed E-state index contributed by atoms with van der Waals surface area (Å²) in [6, 6.07) is 14.7. The van der Waals surface area contributed by atoms with Crippen LogP contribution in [-0.2, 0) is 4.79 Å². The van der Waals surface area contributed by atoms with Gasteiger partial charge in [-0.1, -0.05) is 41.9 Å². The first-order chi connectivity index (χ1) is 11.7. The first-order valence-corrected chi connectivity index (χ1v) is 8.15. The minimum atomic E-state index is -0.245. The number of rotatable bonds is 5. The number of aliphatic hydroxyl groups excluding tert-OH is 1. The van der Waals surface area contributed by atoms with E-state index in [4.69, 9.17) is 16.3 Å². The number of aliphatic hydroxyl groups is 1. The van der Waals surface area contributed by atoms with Gasteiger partial charge in [-0.05, 0) is 36.3 Å². The molecule has 0 bridgehead atoms. The second-order valence-electron chi connectivity index (χ2n) is 5.59. The quantitative estimate of drug-likeness (QED) is 0.875. The van der Waals surface area contributed by atoms with Crippen LogP contribution in [0.15, 0.2) is 54.1 Å². The number of amides is 1. The number of fused-ring (bicyclic) bond motifs is 1. The van der Waals surface area contributed by atoms with Gasteiger partial charge in [0.15, 0.2) is 0 Å². The van der Waals surface area contributed by atoms with Gasteiger partial charge in [-0.3, -0.25) is 4.79 Å². The second kappa shape index (κ2) is 7.51. The highest BCUT2D eigenvalue weighted by Crippen LogP contribution is 2.29. The van der Waals surface area contributed by atoms with Crippen molar-refractivity contribution in [1.82, 2.24) is 5.32 Å². The number of carbonyl (C=O) groups excluding carboxylic acids is 1. The van der Waals surface area contributed by atoms with Crippen molar-refractivity contribution < 1.29 is 14.6 Å². The lowest BCUT2D eigenvalue weighted by molar-refractivity contribution is -0.118. The zero-order valence-corrected chi connectivity index (χ0v) is 13.8. The van der Waals surface area contributed by atoms with Crippen molar-refractivity contribution in [2.75, 3.05) is 13.2 Å². The molecule has 0 fully saturated rings. The van der Waals surface area contributed by atoms with Crippen LogP contribution in [0, 0.1) is 0 Å². The minimum absolute atomic E-state index is 0.00612. The van der Waals surface area contributed by atoms with E-state index in [2.05, 4.69) is 5.32 Å². The normalized spacial score (nSPS) is 14.2. The third-order valence-corrected chi connectivity index (χ3v) is 4.14. The molecule has 1 amide bonds. The fourth-order valence-electron chi connectivity index (χ4n) is 2.67. The van der Waals surface area contributed by atoms with E-state index in [0.29, 0.717) is 22.8 Å². The predicted octanol–water partition coefficient (Wildman–Crippen LogP) is 3.36. The first kappa shape index (κ1) is 16.6. The molecule has 1 aliphatic heterocycles. The zero-order valence-electron chi connectivity index (χ0n) is 13.0. The van der Waals surface area contributed by atoms with Gasteiger partial charge in [0.05, 0.1) is 11.6 Å². The van der Waals surface area contributed by atoms with Crippen molar-refractivity contribution in [1.29, 1.82) is 0 Å². The maximum Gasteiger partial charge on any atom is 0.251 e. The highest BCUT2D eigenvalue weighted by molar-refractivity contribution is 6.30. The van der Waals surface area contributed by atoms with Crippen molar-refractivity contribution in [3.05, 3.63) is 70.3 Å². The van der Waals surface area contributed by atoms with E-state index in [1.54, 1.807) is 24.3 Å². The van der Waals surface area contributed by atoms with Gasteiger partial charge < -0.3 is 15.2 Å². The van der Waals surface area contributed by atoms with Crippen molar-refractivity contribution in [2.45, 2.75) is 12.5 Å². The third kappa shape index (κ3) is 3.78. The maximum absolute atomic E-state index is 12.6. The minimum Gasteiger partial charge on any atom is -0.488 e. The second-order valence-corrected chi connectivity index (χ2v) is 6.03. The standard InChI is InChI=1S/C19H18ClNO3/c20-16-6-7-18-14(11-16)10-15(12-24-18)19(23)21-17(8-9-22)13-4-2-1-3-5-13/h1-7,10-11,17,22H,8-9,12H2,(H,21,23). The average Bonchev–Trinajstić information content (AvgIpc) is 2.61. The molecule has 1 heterocycles. The molecule has 2 aromatic carbocycles. The molecule has 0 spiro atoms. The van der Waals surface area contributed by atoms with Gasteiger partial charge in [0.25, 0.3) is 5.91 Å². The Morgan fingerprint density at radius 2 is 2.04 bits per heavy atom. The first-order valence-electron chi connectivity index (χ1n) is 7.77. The van der Waals surface area contributed by atoms with Gasteiger partial charge >= 0.3 is 0 Å². The molecule has 0 saturated heterocycles. The van der Waals surface area contributed by atoms with E-state index in [9.17, 15) is 9.90 Å². The van der Waals surface area contributed by atoms with Gasteiger partial charge in [-0.15, -0.1) is 0 Å². The van der Waals surface area contributed by atoms with Crippen LogP contribution in [0.2, 0.25) is 5.02 Å². The lowest BCUT2D eigenvalue weighted by Crippen LogP contribution is -2.32. The fraction of sp³-hybridized carbons (Fsp3) is 0.211. The Morgan fingerprint density at radius 1 is 1.25 bits per heavy atom. The Bertz CT molecular complexity index is 758. The van der Waals surface area contributed by atoms with E-state index in [1.807, 2.05) is 30.3 Å². The van der Waals surface area contributed by atoms with Crippen LogP contribution in [0.3, 0.4) is 0 Å². The number of benzene rings is 2. The van der Waals surface area contributed by atoms with Crippen molar-refractivity contribution in [2.24, 2.45) is 0 Å². The smallest absolute Gasteiger partial charge is 0.251 e. The molecule has 0 saturated carbocycles. The van der Waals surface area contributed by atoms with E-state index in [0.717, 1.165) is 11.1 Å². The molecular formula is C19H18ClNO3. The van der Waals surface area contributed by atoms with Crippen molar-refractivity contribution in [3.8, 4) is 5.75 Å². The number of ether oxygens (including phenoxy) is 1. The fourth-order valence-corrected chi connectivity index (χ4v) is 2.85. The van der Waals surface area contributed by atoms with E-state index in [1.165, 1.54) is 0 Å². The summed E-state index contributed by atoms with van der Waals surface area (Å²) >= 11 is 6.00. The molecule has 0 aromatic heterocycles. The molecule has 2 N–H and O–H groups in total. The summed E-state index contributed by atoms with van der Waals surface area (Å²) in [5.41, 5.74) is 2.28. The van der Waals surface area contributed by atoms with Crippen LogP contribution in [0.1, 0.15) is 23.6 Å². The lowest BCUT2D eigenvalue weighted by atomic mass is 10.0. The lowest BCUT2D eigenvalue weighted by Gasteiger charge is -2.22. The monoisotopic (exact) mass is 343 g/mol. The topological polar surface area (TPSA) is 58.6 Å². The molecule has 0 aliphatic carbocycles. The molecule has 3 rings (SSSR count). The number of halogens is 1. The van der Waals surface area contributed by atoms with Gasteiger partial charge in [-0.2, -0.15) is 0 Å². The molecule has 0 radical (unpaired) electrons. The summed E-state index contributed by atoms with van der Waals surface area (Å²) < 4.78 is 5.62. The molecule has 2 aromatic rings. The maximum atomic E-state index is 12.6. The molecule has 24 heavy (non-hydrogen) atoms. The third-order valence-electron chi connectivity index (χ3n) is 3.90. The number of hydrogen-bond donors (Lipinski definition) is 2. The number of hydrogen-bond acceptors (Lipinski definition) is 3. The molecule has 1 unspecified atom stereocenters. The van der Waals surface area contributed by atoms with Gasteiger partial charge in [0.1, 0.15) is 12.4 Å². The predicted molar refractivity (Wildman–Crippen MR) is 94.0 cm³/mol. The molecule has 1 aliphatic rings. The van der Waals surface area contributed by atoms with Crippen LogP contribution in [0.4, 0.5) is 0 Å². The molecule has 1 atom stereocenters. The van der Waals surface area contributed by atoms with Crippen LogP contribution in [0.25, 0.3) is 6.08 Å². The van der Waals surface area contributed by atoms with E-state index < -0.39 is 0 Å². The SMILES string of the molecule is O=C(NC(CCO)c1ccccc1)C1=Cc2cc(Cl)ccc2OC1. The molecule has 124 valence electrons. The summed E-state index contributed by atoms with van der Waals surface area (Å²) in [6.07, 6.45) is 2.24. The summed E-state index contributed by atoms with van der Waals surface area (Å²) in [5, 5.41) is 12.8. The Balaban J connectivity index is 1.78. The molecular weight excluding hydrogens is 326 g/mol. The Kier molecular flexibility index (Phi) is 5.18. The van der Waals surface area contributed by atoms with Gasteiger partial charge in [0.2, 0.25) is 0 Å². The van der Waals surface area contributed by atoms with Crippen LogP contribution < -0.4 is 10.1 Å². The number of nitrogens with one attached hydrogen (secondary N) is 1. The largest absolute Gasteiger partial charge is 0.488 e. The van der Waals surface area contributed by atoms with Crippen molar-refractivity contribution in [3.63, 3.8) is 0 Å². The average molecular weight is 344 g/mol. The highest BCUT2D eigenvalue weighted by atomic mass is 35.5. The zero-order chi connectivity index (χ0) is 16.9. The number of carbonyl (C=O) groups is 1. The molecule has 5 heteroatoms. The Labute approximate surface area is 145 Å². The van der Waals surface area contributed by atoms with Gasteiger partial charge in [-0.25, -0.2) is 0 Å².